The van der Waals surface area contributed by atoms with E-state index in [1.165, 1.54) is 6.07 Å². The maximum atomic E-state index is 13.4. The second-order valence-corrected chi connectivity index (χ2v) is 4.07. The van der Waals surface area contributed by atoms with Crippen molar-refractivity contribution < 1.29 is 48.3 Å². The first-order valence-corrected chi connectivity index (χ1v) is 5.16. The molecule has 0 bridgehead atoms. The molecule has 1 aromatic rings. The zero-order valence-corrected chi connectivity index (χ0v) is 9.97. The van der Waals surface area contributed by atoms with E-state index in [2.05, 4.69) is 0 Å². The highest BCUT2D eigenvalue weighted by Gasteiger charge is 2.87. The molecule has 0 aliphatic carbocycles. The van der Waals surface area contributed by atoms with E-state index in [0.717, 1.165) is 6.07 Å². The van der Waals surface area contributed by atoms with Gasteiger partial charge in [-0.2, -0.15) is 48.3 Å². The second-order valence-electron chi connectivity index (χ2n) is 4.07. The summed E-state index contributed by atoms with van der Waals surface area (Å²) in [4.78, 5) is 0. The monoisotopic (exact) mass is 345 g/mol. The molecule has 0 aromatic heterocycles. The Bertz CT molecular complexity index is 515. The molecule has 11 heteroatoms. The summed E-state index contributed by atoms with van der Waals surface area (Å²) >= 11 is 0. The molecule has 0 unspecified atom stereocenters. The third-order valence-corrected chi connectivity index (χ3v) is 2.59. The van der Waals surface area contributed by atoms with Crippen LogP contribution >= 0.6 is 0 Å². The lowest BCUT2D eigenvalue weighted by molar-refractivity contribution is -0.424. The number of hydrogen-bond acceptors (Lipinski definition) is 0. The SMILES string of the molecule is FC(F)(F)C(F)(F)C(F)(F)C(F)(F)C(F)(F)c1[c]cccc1. The average molecular weight is 345 g/mol. The molecule has 1 radical (unpaired) electrons. The fraction of sp³-hybridized carbons (Fsp3) is 0.455. The molecule has 0 heterocycles. The van der Waals surface area contributed by atoms with E-state index >= 15 is 0 Å². The summed E-state index contributed by atoms with van der Waals surface area (Å²) < 4.78 is 140. The number of hydrogen-bond donors (Lipinski definition) is 0. The van der Waals surface area contributed by atoms with Gasteiger partial charge in [0.05, 0.1) is 0 Å². The van der Waals surface area contributed by atoms with Crippen LogP contribution in [0.15, 0.2) is 24.3 Å². The zero-order valence-electron chi connectivity index (χ0n) is 9.97. The summed E-state index contributed by atoms with van der Waals surface area (Å²) in [6.07, 6.45) is -7.16. The highest BCUT2D eigenvalue weighted by molar-refractivity contribution is 5.24. The van der Waals surface area contributed by atoms with Gasteiger partial charge in [0.15, 0.2) is 0 Å². The van der Waals surface area contributed by atoms with Crippen molar-refractivity contribution in [2.24, 2.45) is 0 Å². The molecular weight excluding hydrogens is 341 g/mol. The number of alkyl halides is 11. The highest BCUT2D eigenvalue weighted by atomic mass is 19.4. The zero-order chi connectivity index (χ0) is 17.6. The van der Waals surface area contributed by atoms with Crippen LogP contribution in [0.4, 0.5) is 48.3 Å². The van der Waals surface area contributed by atoms with E-state index < -0.39 is 35.4 Å². The van der Waals surface area contributed by atoms with Gasteiger partial charge in [0.25, 0.3) is 0 Å². The lowest BCUT2D eigenvalue weighted by Gasteiger charge is -2.37. The Hall–Kier alpha value is -1.55. The van der Waals surface area contributed by atoms with Crippen LogP contribution in [0.5, 0.6) is 0 Å². The molecule has 22 heavy (non-hydrogen) atoms. The maximum Gasteiger partial charge on any atom is 0.460 e. The van der Waals surface area contributed by atoms with Crippen molar-refractivity contribution in [2.45, 2.75) is 29.9 Å². The van der Waals surface area contributed by atoms with Crippen molar-refractivity contribution in [3.8, 4) is 0 Å². The van der Waals surface area contributed by atoms with E-state index in [-0.39, 0.29) is 6.07 Å². The van der Waals surface area contributed by atoms with Gasteiger partial charge in [-0.1, -0.05) is 24.3 Å². The minimum atomic E-state index is -7.40. The molecule has 0 spiro atoms. The quantitative estimate of drug-likeness (QED) is 0.670. The van der Waals surface area contributed by atoms with Crippen LogP contribution in [-0.2, 0) is 5.92 Å². The summed E-state index contributed by atoms with van der Waals surface area (Å²) in [5.74, 6) is -27.8. The van der Waals surface area contributed by atoms with Gasteiger partial charge >= 0.3 is 29.9 Å². The van der Waals surface area contributed by atoms with E-state index in [1.807, 2.05) is 0 Å². The fourth-order valence-electron chi connectivity index (χ4n) is 1.33. The van der Waals surface area contributed by atoms with Crippen molar-refractivity contribution >= 4 is 0 Å². The van der Waals surface area contributed by atoms with E-state index in [9.17, 15) is 48.3 Å². The van der Waals surface area contributed by atoms with Gasteiger partial charge in [-0.05, 0) is 6.07 Å². The molecule has 0 saturated carbocycles. The maximum absolute atomic E-state index is 13.4. The Morgan fingerprint density at radius 2 is 1.14 bits per heavy atom. The van der Waals surface area contributed by atoms with E-state index in [1.54, 1.807) is 0 Å². The van der Waals surface area contributed by atoms with Crippen LogP contribution in [0.2, 0.25) is 0 Å². The third-order valence-electron chi connectivity index (χ3n) is 2.59. The Labute approximate surface area is 115 Å². The van der Waals surface area contributed by atoms with Crippen LogP contribution in [0.25, 0.3) is 0 Å². The Morgan fingerprint density at radius 1 is 0.636 bits per heavy atom. The number of rotatable bonds is 4. The molecule has 1 rings (SSSR count). The number of halogens is 11. The molecule has 1 aromatic carbocycles. The smallest absolute Gasteiger partial charge is 0.194 e. The average Bonchev–Trinajstić information content (AvgIpc) is 2.37. The molecule has 0 amide bonds. The van der Waals surface area contributed by atoms with Crippen LogP contribution in [0.3, 0.4) is 0 Å². The van der Waals surface area contributed by atoms with Crippen LogP contribution in [0, 0.1) is 6.07 Å². The lowest BCUT2D eigenvalue weighted by Crippen LogP contribution is -2.65. The van der Waals surface area contributed by atoms with Crippen molar-refractivity contribution in [3.05, 3.63) is 35.9 Å². The van der Waals surface area contributed by atoms with E-state index in [4.69, 9.17) is 0 Å². The molecule has 0 aliphatic heterocycles. The van der Waals surface area contributed by atoms with Crippen molar-refractivity contribution in [1.82, 2.24) is 0 Å². The molecule has 0 fully saturated rings. The Morgan fingerprint density at radius 3 is 1.50 bits per heavy atom. The topological polar surface area (TPSA) is 0 Å². The summed E-state index contributed by atoms with van der Waals surface area (Å²) in [7, 11) is 0. The summed E-state index contributed by atoms with van der Waals surface area (Å²) in [5.41, 5.74) is -1.96. The molecule has 0 aliphatic rings. The predicted molar refractivity (Wildman–Crippen MR) is 50.1 cm³/mol. The molecule has 0 nitrogen and oxygen atoms in total. The van der Waals surface area contributed by atoms with Gasteiger partial charge in [-0.25, -0.2) is 0 Å². The van der Waals surface area contributed by atoms with Gasteiger partial charge in [0, 0.05) is 5.56 Å². The number of benzene rings is 1. The van der Waals surface area contributed by atoms with Crippen LogP contribution in [0.1, 0.15) is 5.56 Å². The summed E-state index contributed by atoms with van der Waals surface area (Å²) in [6.45, 7) is 0. The Kier molecular flexibility index (Phi) is 4.19. The van der Waals surface area contributed by atoms with Crippen molar-refractivity contribution in [2.75, 3.05) is 0 Å². The van der Waals surface area contributed by atoms with Gasteiger partial charge in [-0.15, -0.1) is 0 Å². The van der Waals surface area contributed by atoms with Crippen LogP contribution < -0.4 is 0 Å². The molecule has 0 N–H and O–H groups in total. The van der Waals surface area contributed by atoms with Gasteiger partial charge in [-0.3, -0.25) is 0 Å². The van der Waals surface area contributed by atoms with Gasteiger partial charge in [0.1, 0.15) is 0 Å². The Balaban J connectivity index is 3.45. The molecule has 0 atom stereocenters. The molecular formula is C11H4F11. The molecule has 125 valence electrons. The van der Waals surface area contributed by atoms with Crippen molar-refractivity contribution in [1.29, 1.82) is 0 Å². The van der Waals surface area contributed by atoms with Gasteiger partial charge < -0.3 is 0 Å². The predicted octanol–water partition coefficient (Wildman–Crippen LogP) is 5.05. The normalized spacial score (nSPS) is 15.0. The standard InChI is InChI=1S/C11H4F11/c12-7(13,6-4-2-1-3-5-6)8(14,15)9(16,17)10(18,19)11(20,21)22/h1-4H. The minimum absolute atomic E-state index is 0.135. The summed E-state index contributed by atoms with van der Waals surface area (Å²) in [5, 5.41) is 0. The first kappa shape index (κ1) is 18.5. The fourth-order valence-corrected chi connectivity index (χ4v) is 1.33. The molecule has 0 saturated heterocycles. The lowest BCUT2D eigenvalue weighted by atomic mass is 9.93. The minimum Gasteiger partial charge on any atom is -0.194 e. The highest BCUT2D eigenvalue weighted by Crippen LogP contribution is 2.59. The summed E-state index contributed by atoms with van der Waals surface area (Å²) in [6, 6.07) is 3.71. The van der Waals surface area contributed by atoms with Gasteiger partial charge in [0.2, 0.25) is 0 Å². The van der Waals surface area contributed by atoms with Crippen LogP contribution in [-0.4, -0.2) is 23.9 Å². The first-order valence-electron chi connectivity index (χ1n) is 5.16. The van der Waals surface area contributed by atoms with E-state index in [0.29, 0.717) is 12.1 Å². The third kappa shape index (κ3) is 2.39. The largest absolute Gasteiger partial charge is 0.460 e. The second kappa shape index (κ2) is 4.98. The van der Waals surface area contributed by atoms with Crippen molar-refractivity contribution in [3.63, 3.8) is 0 Å². The first-order chi connectivity index (χ1) is 9.61.